The molecule has 4 rings (SSSR count). The van der Waals surface area contributed by atoms with Gasteiger partial charge in [0.25, 0.3) is 11.8 Å². The first-order valence-electron chi connectivity index (χ1n) is 9.11. The van der Waals surface area contributed by atoms with Crippen molar-refractivity contribution in [2.24, 2.45) is 0 Å². The number of fused-ring (bicyclic) bond motifs is 1. The molecule has 4 aromatic rings. The van der Waals surface area contributed by atoms with Gasteiger partial charge >= 0.3 is 0 Å². The van der Waals surface area contributed by atoms with Gasteiger partial charge in [-0.2, -0.15) is 0 Å². The summed E-state index contributed by atoms with van der Waals surface area (Å²) in [6, 6.07) is 15.1. The highest BCUT2D eigenvalue weighted by Gasteiger charge is 2.24. The lowest BCUT2D eigenvalue weighted by molar-refractivity contribution is 0.0994. The SMILES string of the molecule is COc1ccc(NC(=O)c2oc3ccccc3c2NC(=O)c2ccc(Br)o2)cc1OC. The molecule has 9 heteroatoms. The Hall–Kier alpha value is -3.72. The van der Waals surface area contributed by atoms with Gasteiger partial charge in [0.2, 0.25) is 5.76 Å². The molecule has 0 aliphatic carbocycles. The summed E-state index contributed by atoms with van der Waals surface area (Å²) in [6.45, 7) is 0. The van der Waals surface area contributed by atoms with Crippen LogP contribution in [-0.2, 0) is 0 Å². The van der Waals surface area contributed by atoms with E-state index >= 15 is 0 Å². The molecule has 2 heterocycles. The summed E-state index contributed by atoms with van der Waals surface area (Å²) in [5.41, 5.74) is 1.16. The van der Waals surface area contributed by atoms with Crippen molar-refractivity contribution in [2.75, 3.05) is 24.9 Å². The Kier molecular flexibility index (Phi) is 5.68. The van der Waals surface area contributed by atoms with Gasteiger partial charge in [0.05, 0.1) is 14.2 Å². The van der Waals surface area contributed by atoms with Crippen molar-refractivity contribution < 1.29 is 27.9 Å². The van der Waals surface area contributed by atoms with Gasteiger partial charge in [0.1, 0.15) is 11.3 Å². The molecule has 2 N–H and O–H groups in total. The Morgan fingerprint density at radius 1 is 0.871 bits per heavy atom. The van der Waals surface area contributed by atoms with Gasteiger partial charge in [0.15, 0.2) is 21.9 Å². The molecule has 0 fully saturated rings. The van der Waals surface area contributed by atoms with E-state index in [4.69, 9.17) is 18.3 Å². The molecule has 2 amide bonds. The van der Waals surface area contributed by atoms with Crippen LogP contribution in [0.5, 0.6) is 11.5 Å². The van der Waals surface area contributed by atoms with E-state index in [-0.39, 0.29) is 17.2 Å². The monoisotopic (exact) mass is 484 g/mol. The number of rotatable bonds is 6. The zero-order valence-electron chi connectivity index (χ0n) is 16.5. The second-order valence-corrected chi connectivity index (χ2v) is 7.17. The zero-order valence-corrected chi connectivity index (χ0v) is 18.1. The standard InChI is InChI=1S/C22H17BrN2O6/c1-28-15-8-7-12(11-17(15)29-2)24-22(27)20-19(13-5-3-4-6-14(13)31-20)25-21(26)16-9-10-18(23)30-16/h3-11H,1-2H3,(H,24,27)(H,25,26). The fraction of sp³-hybridized carbons (Fsp3) is 0.0909. The number of para-hydroxylation sites is 1. The number of methoxy groups -OCH3 is 2. The van der Waals surface area contributed by atoms with E-state index < -0.39 is 11.8 Å². The number of amides is 2. The first kappa shape index (κ1) is 20.5. The zero-order chi connectivity index (χ0) is 22.0. The summed E-state index contributed by atoms with van der Waals surface area (Å²) < 4.78 is 21.9. The predicted molar refractivity (Wildman–Crippen MR) is 118 cm³/mol. The quantitative estimate of drug-likeness (QED) is 0.384. The minimum Gasteiger partial charge on any atom is -0.493 e. The number of nitrogens with one attached hydrogen (secondary N) is 2. The lowest BCUT2D eigenvalue weighted by atomic mass is 10.2. The number of ether oxygens (including phenoxy) is 2. The molecule has 0 aliphatic heterocycles. The van der Waals surface area contributed by atoms with Crippen molar-refractivity contribution in [3.63, 3.8) is 0 Å². The Morgan fingerprint density at radius 2 is 1.65 bits per heavy atom. The third-order valence-corrected chi connectivity index (χ3v) is 4.90. The topological polar surface area (TPSA) is 103 Å². The third-order valence-electron chi connectivity index (χ3n) is 4.48. The van der Waals surface area contributed by atoms with Crippen molar-refractivity contribution in [3.8, 4) is 11.5 Å². The second kappa shape index (κ2) is 8.57. The molecule has 0 spiro atoms. The van der Waals surface area contributed by atoms with Gasteiger partial charge in [-0.3, -0.25) is 9.59 Å². The predicted octanol–water partition coefficient (Wildman–Crippen LogP) is 5.31. The molecular formula is C22H17BrN2O6. The van der Waals surface area contributed by atoms with Crippen molar-refractivity contribution in [1.29, 1.82) is 0 Å². The molecule has 0 aliphatic rings. The maximum absolute atomic E-state index is 13.0. The van der Waals surface area contributed by atoms with Gasteiger partial charge < -0.3 is 28.9 Å². The number of halogens is 1. The lowest BCUT2D eigenvalue weighted by Gasteiger charge is -2.10. The van der Waals surface area contributed by atoms with Gasteiger partial charge in [-0.1, -0.05) is 12.1 Å². The Balaban J connectivity index is 1.67. The molecule has 158 valence electrons. The second-order valence-electron chi connectivity index (χ2n) is 6.38. The largest absolute Gasteiger partial charge is 0.493 e. The molecule has 31 heavy (non-hydrogen) atoms. The number of carbonyl (C=O) groups excluding carboxylic acids is 2. The van der Waals surface area contributed by atoms with E-state index in [1.54, 1.807) is 48.5 Å². The van der Waals surface area contributed by atoms with Crippen molar-refractivity contribution in [3.05, 3.63) is 70.8 Å². The van der Waals surface area contributed by atoms with Crippen molar-refractivity contribution >= 4 is 50.1 Å². The molecule has 2 aromatic heterocycles. The average Bonchev–Trinajstić information content (AvgIpc) is 3.37. The molecule has 8 nitrogen and oxygen atoms in total. The number of benzene rings is 2. The van der Waals surface area contributed by atoms with Crippen LogP contribution in [0.25, 0.3) is 11.0 Å². The van der Waals surface area contributed by atoms with E-state index in [0.29, 0.717) is 32.8 Å². The molecule has 0 unspecified atom stereocenters. The van der Waals surface area contributed by atoms with Crippen LogP contribution >= 0.6 is 15.9 Å². The highest BCUT2D eigenvalue weighted by molar-refractivity contribution is 9.10. The summed E-state index contributed by atoms with van der Waals surface area (Å²) in [7, 11) is 3.03. The molecule has 0 atom stereocenters. The number of anilines is 2. The van der Waals surface area contributed by atoms with Crippen LogP contribution in [-0.4, -0.2) is 26.0 Å². The van der Waals surface area contributed by atoms with Gasteiger partial charge in [0, 0.05) is 17.1 Å². The minimum absolute atomic E-state index is 0.0463. The van der Waals surface area contributed by atoms with Gasteiger partial charge in [-0.25, -0.2) is 0 Å². The summed E-state index contributed by atoms with van der Waals surface area (Å²) in [6.07, 6.45) is 0. The Morgan fingerprint density at radius 3 is 2.35 bits per heavy atom. The summed E-state index contributed by atoms with van der Waals surface area (Å²) in [5.74, 6) is -0.0289. The van der Waals surface area contributed by atoms with E-state index in [1.807, 2.05) is 0 Å². The maximum atomic E-state index is 13.0. The summed E-state index contributed by atoms with van der Waals surface area (Å²) in [4.78, 5) is 25.6. The lowest BCUT2D eigenvalue weighted by Crippen LogP contribution is -2.17. The van der Waals surface area contributed by atoms with Crippen LogP contribution in [0.4, 0.5) is 11.4 Å². The van der Waals surface area contributed by atoms with E-state index in [0.717, 1.165) is 0 Å². The molecule has 0 radical (unpaired) electrons. The minimum atomic E-state index is -0.542. The van der Waals surface area contributed by atoms with E-state index in [2.05, 4.69) is 26.6 Å². The smallest absolute Gasteiger partial charge is 0.293 e. The molecular weight excluding hydrogens is 468 g/mol. The van der Waals surface area contributed by atoms with Crippen LogP contribution in [0.15, 0.2) is 68.1 Å². The molecule has 0 saturated heterocycles. The first-order chi connectivity index (χ1) is 15.0. The fourth-order valence-corrected chi connectivity index (χ4v) is 3.35. The van der Waals surface area contributed by atoms with Crippen LogP contribution < -0.4 is 20.1 Å². The fourth-order valence-electron chi connectivity index (χ4n) is 3.04. The molecule has 2 aromatic carbocycles. The third kappa shape index (κ3) is 4.13. The Bertz CT molecular complexity index is 1280. The number of hydrogen-bond donors (Lipinski definition) is 2. The maximum Gasteiger partial charge on any atom is 0.293 e. The van der Waals surface area contributed by atoms with Crippen molar-refractivity contribution in [2.45, 2.75) is 0 Å². The molecule has 0 bridgehead atoms. The van der Waals surface area contributed by atoms with E-state index in [9.17, 15) is 9.59 Å². The summed E-state index contributed by atoms with van der Waals surface area (Å²) in [5, 5.41) is 6.05. The van der Waals surface area contributed by atoms with Crippen LogP contribution in [0.2, 0.25) is 0 Å². The number of furan rings is 2. The van der Waals surface area contributed by atoms with Crippen molar-refractivity contribution in [1.82, 2.24) is 0 Å². The van der Waals surface area contributed by atoms with Crippen LogP contribution in [0.3, 0.4) is 0 Å². The van der Waals surface area contributed by atoms with Crippen LogP contribution in [0.1, 0.15) is 21.1 Å². The van der Waals surface area contributed by atoms with Gasteiger partial charge in [-0.15, -0.1) is 0 Å². The number of carbonyl (C=O) groups is 2. The van der Waals surface area contributed by atoms with E-state index in [1.165, 1.54) is 20.3 Å². The molecule has 0 saturated carbocycles. The highest BCUT2D eigenvalue weighted by atomic mass is 79.9. The summed E-state index contributed by atoms with van der Waals surface area (Å²) >= 11 is 3.17. The van der Waals surface area contributed by atoms with Crippen LogP contribution in [0, 0.1) is 0 Å². The highest BCUT2D eigenvalue weighted by Crippen LogP contribution is 2.33. The number of hydrogen-bond acceptors (Lipinski definition) is 6. The first-order valence-corrected chi connectivity index (χ1v) is 9.91. The normalized spacial score (nSPS) is 10.7. The average molecular weight is 485 g/mol. The Labute approximate surface area is 185 Å². The van der Waals surface area contributed by atoms with Gasteiger partial charge in [-0.05, 0) is 52.3 Å².